The molecule has 0 bridgehead atoms. The van der Waals surface area contributed by atoms with Crippen molar-refractivity contribution < 1.29 is 14.4 Å². The first kappa shape index (κ1) is 18.7. The Morgan fingerprint density at radius 2 is 1.62 bits per heavy atom. The van der Waals surface area contributed by atoms with Gasteiger partial charge in [0, 0.05) is 56.4 Å². The molecule has 7 heteroatoms. The third-order valence-corrected chi connectivity index (χ3v) is 5.37. The van der Waals surface area contributed by atoms with E-state index in [9.17, 15) is 14.4 Å². The van der Waals surface area contributed by atoms with Crippen molar-refractivity contribution in [2.45, 2.75) is 20.3 Å². The van der Waals surface area contributed by atoms with Gasteiger partial charge in [-0.25, -0.2) is 0 Å². The SMILES string of the molecule is CC(C)C(=O)N1CCN(c2ccc(N3C[C@@H](C(=O)Cl)CC3=O)cc2)CC1. The maximum Gasteiger partial charge on any atom is 0.227 e. The Morgan fingerprint density at radius 3 is 2.12 bits per heavy atom. The minimum absolute atomic E-state index is 0.0301. The first-order valence-corrected chi connectivity index (χ1v) is 9.38. The lowest BCUT2D eigenvalue weighted by molar-refractivity contribution is -0.134. The summed E-state index contributed by atoms with van der Waals surface area (Å²) in [5, 5.41) is -0.453. The fraction of sp³-hybridized carbons (Fsp3) is 0.526. The average molecular weight is 378 g/mol. The molecule has 1 atom stereocenters. The fourth-order valence-electron chi connectivity index (χ4n) is 3.50. The molecule has 0 N–H and O–H groups in total. The molecule has 0 saturated carbocycles. The van der Waals surface area contributed by atoms with E-state index in [2.05, 4.69) is 4.90 Å². The number of halogens is 1. The van der Waals surface area contributed by atoms with Gasteiger partial charge in [-0.05, 0) is 35.9 Å². The maximum atomic E-state index is 12.1. The first-order valence-electron chi connectivity index (χ1n) is 9.00. The maximum absolute atomic E-state index is 12.1. The minimum Gasteiger partial charge on any atom is -0.368 e. The van der Waals surface area contributed by atoms with Gasteiger partial charge < -0.3 is 14.7 Å². The van der Waals surface area contributed by atoms with E-state index >= 15 is 0 Å². The van der Waals surface area contributed by atoms with Crippen molar-refractivity contribution >= 4 is 40.0 Å². The van der Waals surface area contributed by atoms with Crippen LogP contribution < -0.4 is 9.80 Å². The summed E-state index contributed by atoms with van der Waals surface area (Å²) in [5.41, 5.74) is 1.86. The normalized spacial score (nSPS) is 20.8. The average Bonchev–Trinajstić information content (AvgIpc) is 3.03. The Morgan fingerprint density at radius 1 is 1.04 bits per heavy atom. The second-order valence-corrected chi connectivity index (χ2v) is 7.57. The number of carbonyl (C=O) groups is 3. The molecule has 0 aromatic heterocycles. The number of benzene rings is 1. The molecule has 0 radical (unpaired) electrons. The van der Waals surface area contributed by atoms with Crippen LogP contribution in [0.2, 0.25) is 0 Å². The monoisotopic (exact) mass is 377 g/mol. The number of piperazine rings is 1. The Kier molecular flexibility index (Phi) is 5.51. The standard InChI is InChI=1S/C19H24ClN3O3/c1-13(2)19(26)22-9-7-21(8-10-22)15-3-5-16(6-4-15)23-12-14(18(20)25)11-17(23)24/h3-6,13-14H,7-12H2,1-2H3/t14-/m0/s1. The van der Waals surface area contributed by atoms with Gasteiger partial charge in [0.25, 0.3) is 0 Å². The van der Waals surface area contributed by atoms with Gasteiger partial charge in [0.2, 0.25) is 17.1 Å². The topological polar surface area (TPSA) is 60.9 Å². The first-order chi connectivity index (χ1) is 12.4. The van der Waals surface area contributed by atoms with Crippen LogP contribution in [-0.4, -0.2) is 54.7 Å². The Bertz CT molecular complexity index is 696. The summed E-state index contributed by atoms with van der Waals surface area (Å²) in [6.45, 7) is 7.24. The predicted molar refractivity (Wildman–Crippen MR) is 101 cm³/mol. The van der Waals surface area contributed by atoms with Crippen LogP contribution in [0.3, 0.4) is 0 Å². The number of nitrogens with zero attached hydrogens (tertiary/aromatic N) is 3. The van der Waals surface area contributed by atoms with Crippen LogP contribution in [0, 0.1) is 11.8 Å². The van der Waals surface area contributed by atoms with Crippen LogP contribution in [-0.2, 0) is 14.4 Å². The smallest absolute Gasteiger partial charge is 0.227 e. The molecule has 2 saturated heterocycles. The summed E-state index contributed by atoms with van der Waals surface area (Å²) in [5.74, 6) is -0.258. The fourth-order valence-corrected chi connectivity index (χ4v) is 3.65. The molecule has 0 spiro atoms. The molecule has 2 aliphatic rings. The molecule has 6 nitrogen and oxygen atoms in total. The number of rotatable bonds is 4. The Hall–Kier alpha value is -2.08. The number of amides is 2. The third kappa shape index (κ3) is 3.85. The van der Waals surface area contributed by atoms with Gasteiger partial charge in [-0.1, -0.05) is 13.8 Å². The van der Waals surface area contributed by atoms with Gasteiger partial charge in [0.15, 0.2) is 0 Å². The van der Waals surface area contributed by atoms with Crippen LogP contribution in [0.15, 0.2) is 24.3 Å². The zero-order valence-corrected chi connectivity index (χ0v) is 15.9. The molecule has 2 heterocycles. The lowest BCUT2D eigenvalue weighted by atomic mass is 10.1. The van der Waals surface area contributed by atoms with Crippen LogP contribution in [0.5, 0.6) is 0 Å². The van der Waals surface area contributed by atoms with Crippen molar-refractivity contribution in [2.24, 2.45) is 11.8 Å². The van der Waals surface area contributed by atoms with E-state index in [1.807, 2.05) is 43.0 Å². The Labute approximate surface area is 158 Å². The van der Waals surface area contributed by atoms with Crippen LogP contribution in [0.25, 0.3) is 0 Å². The molecule has 26 heavy (non-hydrogen) atoms. The van der Waals surface area contributed by atoms with E-state index in [0.717, 1.165) is 37.6 Å². The molecule has 2 fully saturated rings. The Balaban J connectivity index is 1.61. The third-order valence-electron chi connectivity index (χ3n) is 5.06. The van der Waals surface area contributed by atoms with E-state index in [1.165, 1.54) is 0 Å². The van der Waals surface area contributed by atoms with E-state index in [0.29, 0.717) is 6.54 Å². The van der Waals surface area contributed by atoms with E-state index in [-0.39, 0.29) is 24.2 Å². The zero-order chi connectivity index (χ0) is 18.8. The number of hydrogen-bond donors (Lipinski definition) is 0. The summed E-state index contributed by atoms with van der Waals surface area (Å²) >= 11 is 5.53. The second-order valence-electron chi connectivity index (χ2n) is 7.19. The number of anilines is 2. The molecule has 2 amide bonds. The van der Waals surface area contributed by atoms with Crippen molar-refractivity contribution in [3.63, 3.8) is 0 Å². The summed E-state index contributed by atoms with van der Waals surface area (Å²) < 4.78 is 0. The summed E-state index contributed by atoms with van der Waals surface area (Å²) in [6, 6.07) is 7.77. The zero-order valence-electron chi connectivity index (χ0n) is 15.2. The van der Waals surface area contributed by atoms with Gasteiger partial charge >= 0.3 is 0 Å². The molecule has 2 aliphatic heterocycles. The molecular weight excluding hydrogens is 354 g/mol. The van der Waals surface area contributed by atoms with E-state index in [4.69, 9.17) is 11.6 Å². The van der Waals surface area contributed by atoms with Crippen molar-refractivity contribution in [3.05, 3.63) is 24.3 Å². The minimum atomic E-state index is -0.453. The quantitative estimate of drug-likeness (QED) is 0.754. The van der Waals surface area contributed by atoms with Gasteiger partial charge in [-0.3, -0.25) is 14.4 Å². The highest BCUT2D eigenvalue weighted by Crippen LogP contribution is 2.28. The highest BCUT2D eigenvalue weighted by atomic mass is 35.5. The molecule has 1 aromatic rings. The number of carbonyl (C=O) groups excluding carboxylic acids is 3. The largest absolute Gasteiger partial charge is 0.368 e. The molecule has 1 aromatic carbocycles. The van der Waals surface area contributed by atoms with Gasteiger partial charge in [0.05, 0.1) is 5.92 Å². The summed E-state index contributed by atoms with van der Waals surface area (Å²) in [6.07, 6.45) is 0.177. The highest BCUT2D eigenvalue weighted by Gasteiger charge is 2.34. The summed E-state index contributed by atoms with van der Waals surface area (Å²) in [7, 11) is 0. The molecular formula is C19H24ClN3O3. The predicted octanol–water partition coefficient (Wildman–Crippen LogP) is 2.11. The summed E-state index contributed by atoms with van der Waals surface area (Å²) in [4.78, 5) is 41.2. The van der Waals surface area contributed by atoms with Crippen molar-refractivity contribution in [1.82, 2.24) is 4.90 Å². The van der Waals surface area contributed by atoms with Gasteiger partial charge in [-0.2, -0.15) is 0 Å². The lowest BCUT2D eigenvalue weighted by Crippen LogP contribution is -2.49. The van der Waals surface area contributed by atoms with E-state index < -0.39 is 11.2 Å². The van der Waals surface area contributed by atoms with Gasteiger partial charge in [-0.15, -0.1) is 0 Å². The van der Waals surface area contributed by atoms with Crippen LogP contribution in [0.1, 0.15) is 20.3 Å². The molecule has 0 aliphatic carbocycles. The van der Waals surface area contributed by atoms with Crippen molar-refractivity contribution in [3.8, 4) is 0 Å². The highest BCUT2D eigenvalue weighted by molar-refractivity contribution is 6.64. The number of hydrogen-bond acceptors (Lipinski definition) is 4. The molecule has 3 rings (SSSR count). The van der Waals surface area contributed by atoms with Crippen LogP contribution >= 0.6 is 11.6 Å². The van der Waals surface area contributed by atoms with E-state index in [1.54, 1.807) is 4.90 Å². The lowest BCUT2D eigenvalue weighted by Gasteiger charge is -2.37. The molecule has 140 valence electrons. The second kappa shape index (κ2) is 7.66. The van der Waals surface area contributed by atoms with Crippen molar-refractivity contribution in [2.75, 3.05) is 42.5 Å². The van der Waals surface area contributed by atoms with Crippen LogP contribution in [0.4, 0.5) is 11.4 Å². The molecule has 0 unspecified atom stereocenters. The van der Waals surface area contributed by atoms with Gasteiger partial charge in [0.1, 0.15) is 0 Å². The van der Waals surface area contributed by atoms with Crippen molar-refractivity contribution in [1.29, 1.82) is 0 Å².